The molecule has 4 nitrogen and oxygen atoms in total. The molecular weight excluding hydrogens is 368 g/mol. The van der Waals surface area contributed by atoms with Crippen LogP contribution in [-0.2, 0) is 4.79 Å². The Bertz CT molecular complexity index is 943. The summed E-state index contributed by atoms with van der Waals surface area (Å²) in [5, 5.41) is 4.35. The van der Waals surface area contributed by atoms with Crippen LogP contribution in [-0.4, -0.2) is 30.3 Å². The number of rotatable bonds is 7. The van der Waals surface area contributed by atoms with Crippen LogP contribution in [0.3, 0.4) is 0 Å². The molecule has 2 N–H and O–H groups in total. The smallest absolute Gasteiger partial charge is 0.223 e. The van der Waals surface area contributed by atoms with Crippen LogP contribution in [0.1, 0.15) is 25.7 Å². The van der Waals surface area contributed by atoms with Gasteiger partial charge in [0.25, 0.3) is 0 Å². The third-order valence-electron chi connectivity index (χ3n) is 5.41. The summed E-state index contributed by atoms with van der Waals surface area (Å²) in [5.41, 5.74) is 3.39. The molecule has 1 fully saturated rings. The molecule has 0 radical (unpaired) electrons. The van der Waals surface area contributed by atoms with Gasteiger partial charge in [0, 0.05) is 34.0 Å². The Morgan fingerprint density at radius 2 is 1.89 bits per heavy atom. The molecule has 0 unspecified atom stereocenters. The van der Waals surface area contributed by atoms with Crippen LogP contribution in [0, 0.1) is 5.92 Å². The van der Waals surface area contributed by atoms with Gasteiger partial charge in [-0.05, 0) is 48.7 Å². The van der Waals surface area contributed by atoms with E-state index in [0.717, 1.165) is 41.1 Å². The number of hydrogen-bond donors (Lipinski definition) is 2. The van der Waals surface area contributed by atoms with Crippen molar-refractivity contribution in [1.29, 1.82) is 0 Å². The first-order valence-electron chi connectivity index (χ1n) is 9.92. The second-order valence-electron chi connectivity index (χ2n) is 7.22. The van der Waals surface area contributed by atoms with Crippen LogP contribution in [0.2, 0.25) is 0 Å². The molecule has 1 saturated carbocycles. The van der Waals surface area contributed by atoms with Gasteiger partial charge in [-0.2, -0.15) is 0 Å². The average Bonchev–Trinajstić information content (AvgIpc) is 3.39. The molecule has 1 aromatic heterocycles. The molecule has 3 aromatic rings. The maximum absolute atomic E-state index is 12.2. The monoisotopic (exact) mass is 394 g/mol. The van der Waals surface area contributed by atoms with E-state index in [2.05, 4.69) is 40.6 Å². The number of hydrogen-bond acceptors (Lipinski definition) is 3. The van der Waals surface area contributed by atoms with Gasteiger partial charge in [-0.3, -0.25) is 4.79 Å². The molecule has 146 valence electrons. The minimum atomic E-state index is 0.229. The highest BCUT2D eigenvalue weighted by molar-refractivity contribution is 7.99. The average molecular weight is 395 g/mol. The van der Waals surface area contributed by atoms with E-state index in [1.54, 1.807) is 18.9 Å². The molecule has 0 saturated heterocycles. The van der Waals surface area contributed by atoms with Crippen LogP contribution >= 0.6 is 11.8 Å². The van der Waals surface area contributed by atoms with E-state index >= 15 is 0 Å². The summed E-state index contributed by atoms with van der Waals surface area (Å²) in [6, 6.07) is 16.5. The molecule has 1 amide bonds. The van der Waals surface area contributed by atoms with E-state index in [1.165, 1.54) is 23.1 Å². The number of amides is 1. The fraction of sp³-hybridized carbons (Fsp3) is 0.348. The summed E-state index contributed by atoms with van der Waals surface area (Å²) in [7, 11) is 1.68. The van der Waals surface area contributed by atoms with Gasteiger partial charge < -0.3 is 15.0 Å². The fourth-order valence-electron chi connectivity index (χ4n) is 3.89. The number of carbonyl (C=O) groups excluding carboxylic acids is 1. The van der Waals surface area contributed by atoms with Gasteiger partial charge in [0.1, 0.15) is 5.75 Å². The highest BCUT2D eigenvalue weighted by Gasteiger charge is 2.22. The lowest BCUT2D eigenvalue weighted by Gasteiger charge is -2.10. The van der Waals surface area contributed by atoms with Crippen molar-refractivity contribution in [3.8, 4) is 17.0 Å². The van der Waals surface area contributed by atoms with Crippen molar-refractivity contribution in [1.82, 2.24) is 10.3 Å². The molecule has 0 aliphatic heterocycles. The predicted molar refractivity (Wildman–Crippen MR) is 116 cm³/mol. The molecule has 1 aliphatic carbocycles. The zero-order valence-corrected chi connectivity index (χ0v) is 17.0. The summed E-state index contributed by atoms with van der Waals surface area (Å²) in [5.74, 6) is 2.16. The second-order valence-corrected chi connectivity index (χ2v) is 8.33. The van der Waals surface area contributed by atoms with Gasteiger partial charge in [-0.25, -0.2) is 0 Å². The number of aromatic nitrogens is 1. The number of aromatic amines is 1. The third kappa shape index (κ3) is 4.04. The first-order valence-corrected chi connectivity index (χ1v) is 10.9. The molecule has 28 heavy (non-hydrogen) atoms. The Balaban J connectivity index is 1.49. The predicted octanol–water partition coefficient (Wildman–Crippen LogP) is 5.24. The van der Waals surface area contributed by atoms with Crippen molar-refractivity contribution >= 4 is 28.6 Å². The van der Waals surface area contributed by atoms with E-state index < -0.39 is 0 Å². The van der Waals surface area contributed by atoms with E-state index in [-0.39, 0.29) is 11.8 Å². The molecule has 5 heteroatoms. The zero-order valence-electron chi connectivity index (χ0n) is 16.2. The largest absolute Gasteiger partial charge is 0.497 e. The maximum Gasteiger partial charge on any atom is 0.223 e. The topological polar surface area (TPSA) is 54.1 Å². The van der Waals surface area contributed by atoms with Gasteiger partial charge in [0.2, 0.25) is 5.91 Å². The van der Waals surface area contributed by atoms with Gasteiger partial charge in [0.05, 0.1) is 12.8 Å². The summed E-state index contributed by atoms with van der Waals surface area (Å²) in [6.45, 7) is 0.696. The van der Waals surface area contributed by atoms with E-state index in [4.69, 9.17) is 4.74 Å². The summed E-state index contributed by atoms with van der Waals surface area (Å²) in [4.78, 5) is 17.0. The maximum atomic E-state index is 12.2. The standard InChI is InChI=1S/C23H26N2O2S/c1-27-18-12-10-16(11-13-18)21-22(19-8-4-5-9-20(19)25-21)28-15-14-24-23(26)17-6-2-3-7-17/h4-5,8-13,17,25H,2-3,6-7,14-15H2,1H3,(H,24,26). The van der Waals surface area contributed by atoms with Gasteiger partial charge in [0.15, 0.2) is 0 Å². The molecule has 2 aromatic carbocycles. The molecular formula is C23H26N2O2S. The van der Waals surface area contributed by atoms with Crippen LogP contribution < -0.4 is 10.1 Å². The lowest BCUT2D eigenvalue weighted by molar-refractivity contribution is -0.124. The molecule has 0 atom stereocenters. The number of para-hydroxylation sites is 1. The Kier molecular flexibility index (Phi) is 5.91. The Morgan fingerprint density at radius 3 is 2.64 bits per heavy atom. The first kappa shape index (κ1) is 18.9. The van der Waals surface area contributed by atoms with Crippen molar-refractivity contribution in [2.24, 2.45) is 5.92 Å². The summed E-state index contributed by atoms with van der Waals surface area (Å²) in [6.07, 6.45) is 4.47. The van der Waals surface area contributed by atoms with Gasteiger partial charge in [-0.15, -0.1) is 11.8 Å². The Morgan fingerprint density at radius 1 is 1.14 bits per heavy atom. The number of nitrogens with one attached hydrogen (secondary N) is 2. The highest BCUT2D eigenvalue weighted by atomic mass is 32.2. The fourth-order valence-corrected chi connectivity index (χ4v) is 4.94. The summed E-state index contributed by atoms with van der Waals surface area (Å²) < 4.78 is 5.28. The van der Waals surface area contributed by atoms with Crippen LogP contribution in [0.15, 0.2) is 53.4 Å². The van der Waals surface area contributed by atoms with E-state index in [9.17, 15) is 4.79 Å². The number of thioether (sulfide) groups is 1. The number of H-pyrrole nitrogens is 1. The van der Waals surface area contributed by atoms with Crippen LogP contribution in [0.25, 0.3) is 22.2 Å². The minimum Gasteiger partial charge on any atom is -0.497 e. The molecule has 1 heterocycles. The van der Waals surface area contributed by atoms with Crippen LogP contribution in [0.5, 0.6) is 5.75 Å². The number of methoxy groups -OCH3 is 1. The number of ether oxygens (including phenoxy) is 1. The van der Waals surface area contributed by atoms with E-state index in [0.29, 0.717) is 6.54 Å². The van der Waals surface area contributed by atoms with Gasteiger partial charge in [-0.1, -0.05) is 31.0 Å². The van der Waals surface area contributed by atoms with Crippen molar-refractivity contribution in [3.05, 3.63) is 48.5 Å². The Labute approximate surface area is 170 Å². The molecule has 4 rings (SSSR count). The zero-order chi connectivity index (χ0) is 19.3. The SMILES string of the molecule is COc1ccc(-c2[nH]c3ccccc3c2SCCNC(=O)C2CCCC2)cc1. The number of fused-ring (bicyclic) bond motifs is 1. The first-order chi connectivity index (χ1) is 13.8. The molecule has 0 bridgehead atoms. The molecule has 0 spiro atoms. The lowest BCUT2D eigenvalue weighted by Crippen LogP contribution is -2.30. The van der Waals surface area contributed by atoms with E-state index in [1.807, 2.05) is 18.2 Å². The van der Waals surface area contributed by atoms with Crippen molar-refractivity contribution in [3.63, 3.8) is 0 Å². The highest BCUT2D eigenvalue weighted by Crippen LogP contribution is 2.38. The van der Waals surface area contributed by atoms with Gasteiger partial charge >= 0.3 is 0 Å². The van der Waals surface area contributed by atoms with Crippen molar-refractivity contribution < 1.29 is 9.53 Å². The van der Waals surface area contributed by atoms with Crippen molar-refractivity contribution in [2.45, 2.75) is 30.6 Å². The van der Waals surface area contributed by atoms with Crippen molar-refractivity contribution in [2.75, 3.05) is 19.4 Å². The quantitative estimate of drug-likeness (QED) is 0.425. The number of carbonyl (C=O) groups is 1. The Hall–Kier alpha value is -2.40. The second kappa shape index (κ2) is 8.74. The third-order valence-corrected chi connectivity index (χ3v) is 6.53. The summed E-state index contributed by atoms with van der Waals surface area (Å²) >= 11 is 1.80. The minimum absolute atomic E-state index is 0.229. The number of benzene rings is 2. The molecule has 1 aliphatic rings. The van der Waals surface area contributed by atoms with Crippen LogP contribution in [0.4, 0.5) is 0 Å². The lowest BCUT2D eigenvalue weighted by atomic mass is 10.1. The normalized spacial score (nSPS) is 14.5.